The van der Waals surface area contributed by atoms with Crippen LogP contribution >= 0.6 is 11.6 Å². The number of rotatable bonds is 5. The van der Waals surface area contributed by atoms with E-state index in [4.69, 9.17) is 17.3 Å². The number of hydrogen-bond acceptors (Lipinski definition) is 3. The minimum Gasteiger partial charge on any atom is -0.368 e. The first-order valence-corrected chi connectivity index (χ1v) is 11.1. The molecule has 1 heterocycles. The summed E-state index contributed by atoms with van der Waals surface area (Å²) in [5.41, 5.74) is 5.09. The highest BCUT2D eigenvalue weighted by molar-refractivity contribution is 6.30. The van der Waals surface area contributed by atoms with Gasteiger partial charge in [0, 0.05) is 16.9 Å². The van der Waals surface area contributed by atoms with Crippen LogP contribution in [0.3, 0.4) is 0 Å². The Hall–Kier alpha value is -3.46. The number of hydrogen-bond donors (Lipinski definition) is 1. The van der Waals surface area contributed by atoms with E-state index in [2.05, 4.69) is 4.98 Å². The molecule has 2 aromatic carbocycles. The molecule has 0 fully saturated rings. The van der Waals surface area contributed by atoms with Crippen LogP contribution in [-0.4, -0.2) is 21.7 Å². The van der Waals surface area contributed by atoms with E-state index in [1.807, 2.05) is 0 Å². The fourth-order valence-corrected chi connectivity index (χ4v) is 4.85. The molecule has 2 amide bonds. The molecule has 35 heavy (non-hydrogen) atoms. The maximum absolute atomic E-state index is 14.6. The molecule has 2 N–H and O–H groups in total. The van der Waals surface area contributed by atoms with E-state index < -0.39 is 47.0 Å². The predicted molar refractivity (Wildman–Crippen MR) is 121 cm³/mol. The van der Waals surface area contributed by atoms with Gasteiger partial charge < -0.3 is 10.6 Å². The number of amides is 2. The summed E-state index contributed by atoms with van der Waals surface area (Å²) >= 11 is 6.07. The summed E-state index contributed by atoms with van der Waals surface area (Å²) in [7, 11) is 0. The highest BCUT2D eigenvalue weighted by Crippen LogP contribution is 2.45. The van der Waals surface area contributed by atoms with Crippen molar-refractivity contribution in [3.8, 4) is 0 Å². The lowest BCUT2D eigenvalue weighted by molar-refractivity contribution is -0.139. The van der Waals surface area contributed by atoms with Gasteiger partial charge in [-0.25, -0.2) is 4.39 Å². The standard InChI is InChI=1S/C25H20ClF4N3O2/c1-13-15(6-4-10-32-13)24(35)33(21-9-8-16-18(21)11-14(26)12-20(16)27)22(23(31)34)17-5-2-3-7-19(17)25(28,29)30/h2-7,10-12,21-22H,8-9H2,1H3,(H2,31,34)/t21-,22-/m1/s1. The van der Waals surface area contributed by atoms with Gasteiger partial charge in [0.25, 0.3) is 5.91 Å². The summed E-state index contributed by atoms with van der Waals surface area (Å²) in [6.07, 6.45) is -2.99. The van der Waals surface area contributed by atoms with Crippen molar-refractivity contribution in [3.05, 3.63) is 99.1 Å². The molecule has 2 atom stereocenters. The Morgan fingerprint density at radius 2 is 1.89 bits per heavy atom. The summed E-state index contributed by atoms with van der Waals surface area (Å²) in [4.78, 5) is 31.8. The topological polar surface area (TPSA) is 76.3 Å². The van der Waals surface area contributed by atoms with Gasteiger partial charge in [0.05, 0.1) is 17.2 Å². The van der Waals surface area contributed by atoms with Gasteiger partial charge in [-0.2, -0.15) is 13.2 Å². The Balaban J connectivity index is 1.97. The van der Waals surface area contributed by atoms with Gasteiger partial charge in [-0.15, -0.1) is 0 Å². The number of pyridine rings is 1. The number of carbonyl (C=O) groups excluding carboxylic acids is 2. The first kappa shape index (κ1) is 24.7. The van der Waals surface area contributed by atoms with Crippen molar-refractivity contribution in [3.63, 3.8) is 0 Å². The van der Waals surface area contributed by atoms with Crippen LogP contribution in [0, 0.1) is 12.7 Å². The molecule has 4 rings (SSSR count). The first-order valence-electron chi connectivity index (χ1n) is 10.7. The van der Waals surface area contributed by atoms with E-state index >= 15 is 0 Å². The lowest BCUT2D eigenvalue weighted by Crippen LogP contribution is -2.44. The second-order valence-electron chi connectivity index (χ2n) is 8.25. The van der Waals surface area contributed by atoms with Gasteiger partial charge in [0.2, 0.25) is 5.91 Å². The summed E-state index contributed by atoms with van der Waals surface area (Å²) in [6.45, 7) is 1.56. The first-order chi connectivity index (χ1) is 16.5. The monoisotopic (exact) mass is 505 g/mol. The molecule has 0 unspecified atom stereocenters. The van der Waals surface area contributed by atoms with Crippen molar-refractivity contribution in [1.82, 2.24) is 9.88 Å². The Morgan fingerprint density at radius 1 is 1.17 bits per heavy atom. The number of fused-ring (bicyclic) bond motifs is 1. The number of aromatic nitrogens is 1. The number of alkyl halides is 3. The van der Waals surface area contributed by atoms with E-state index in [0.717, 1.165) is 23.1 Å². The number of nitrogens with two attached hydrogens (primary N) is 1. The molecular formula is C25H20ClF4N3O2. The van der Waals surface area contributed by atoms with Crippen molar-refractivity contribution in [2.75, 3.05) is 0 Å². The number of aryl methyl sites for hydroxylation is 1. The molecule has 0 saturated heterocycles. The van der Waals surface area contributed by atoms with Crippen molar-refractivity contribution in [2.45, 2.75) is 38.0 Å². The zero-order valence-electron chi connectivity index (χ0n) is 18.4. The normalized spacial score (nSPS) is 16.0. The number of carbonyl (C=O) groups is 2. The lowest BCUT2D eigenvalue weighted by atomic mass is 9.94. The third-order valence-corrected chi connectivity index (χ3v) is 6.36. The predicted octanol–water partition coefficient (Wildman–Crippen LogP) is 5.56. The Morgan fingerprint density at radius 3 is 2.54 bits per heavy atom. The van der Waals surface area contributed by atoms with Gasteiger partial charge in [0.1, 0.15) is 11.9 Å². The summed E-state index contributed by atoms with van der Waals surface area (Å²) in [5, 5.41) is 0.0597. The molecule has 3 aromatic rings. The number of benzene rings is 2. The largest absolute Gasteiger partial charge is 0.416 e. The molecule has 0 radical (unpaired) electrons. The second-order valence-corrected chi connectivity index (χ2v) is 8.69. The Bertz CT molecular complexity index is 1310. The van der Waals surface area contributed by atoms with Crippen molar-refractivity contribution < 1.29 is 27.2 Å². The van der Waals surface area contributed by atoms with Crippen LogP contribution in [0.25, 0.3) is 0 Å². The van der Waals surface area contributed by atoms with Crippen LogP contribution in [0.15, 0.2) is 54.7 Å². The van der Waals surface area contributed by atoms with Gasteiger partial charge in [0.15, 0.2) is 0 Å². The molecule has 1 aliphatic rings. The maximum atomic E-state index is 14.6. The molecule has 0 saturated carbocycles. The minimum atomic E-state index is -4.81. The van der Waals surface area contributed by atoms with Crippen LogP contribution in [0.4, 0.5) is 17.6 Å². The molecular weight excluding hydrogens is 486 g/mol. The SMILES string of the molecule is Cc1ncccc1C(=O)N([C@@H]1CCc2c(F)cc(Cl)cc21)[C@@H](C(N)=O)c1ccccc1C(F)(F)F. The average Bonchev–Trinajstić information content (AvgIpc) is 3.20. The fraction of sp³-hybridized carbons (Fsp3) is 0.240. The summed E-state index contributed by atoms with van der Waals surface area (Å²) in [6, 6.07) is 7.25. The number of primary amides is 1. The second kappa shape index (κ2) is 9.30. The van der Waals surface area contributed by atoms with Gasteiger partial charge in [-0.1, -0.05) is 29.8 Å². The molecule has 0 aliphatic heterocycles. The van der Waals surface area contributed by atoms with Crippen LogP contribution in [-0.2, 0) is 17.4 Å². The lowest BCUT2D eigenvalue weighted by Gasteiger charge is -2.37. The third kappa shape index (κ3) is 4.60. The molecule has 10 heteroatoms. The van der Waals surface area contributed by atoms with E-state index in [1.165, 1.54) is 36.5 Å². The summed E-state index contributed by atoms with van der Waals surface area (Å²) in [5.74, 6) is -2.51. The minimum absolute atomic E-state index is 0.0597. The highest BCUT2D eigenvalue weighted by atomic mass is 35.5. The van der Waals surface area contributed by atoms with Crippen molar-refractivity contribution in [1.29, 1.82) is 0 Å². The zero-order valence-corrected chi connectivity index (χ0v) is 19.2. The van der Waals surface area contributed by atoms with Crippen LogP contribution in [0.5, 0.6) is 0 Å². The van der Waals surface area contributed by atoms with E-state index in [9.17, 15) is 27.2 Å². The maximum Gasteiger partial charge on any atom is 0.416 e. The molecule has 1 aliphatic carbocycles. The number of halogens is 5. The Kier molecular flexibility index (Phi) is 6.55. The average molecular weight is 506 g/mol. The van der Waals surface area contributed by atoms with Crippen LogP contribution in [0.1, 0.15) is 56.8 Å². The van der Waals surface area contributed by atoms with Crippen molar-refractivity contribution >= 4 is 23.4 Å². The third-order valence-electron chi connectivity index (χ3n) is 6.14. The van der Waals surface area contributed by atoms with Gasteiger partial charge in [-0.05, 0) is 66.8 Å². The zero-order chi connectivity index (χ0) is 25.5. The highest BCUT2D eigenvalue weighted by Gasteiger charge is 2.44. The molecule has 0 spiro atoms. The van der Waals surface area contributed by atoms with E-state index in [1.54, 1.807) is 6.92 Å². The number of nitrogens with zero attached hydrogens (tertiary/aromatic N) is 2. The van der Waals surface area contributed by atoms with Gasteiger partial charge >= 0.3 is 6.18 Å². The summed E-state index contributed by atoms with van der Waals surface area (Å²) < 4.78 is 56.4. The Labute approximate surface area is 203 Å². The molecule has 1 aromatic heterocycles. The fourth-order valence-electron chi connectivity index (χ4n) is 4.63. The van der Waals surface area contributed by atoms with Crippen LogP contribution in [0.2, 0.25) is 5.02 Å². The molecule has 0 bridgehead atoms. The van der Waals surface area contributed by atoms with Gasteiger partial charge in [-0.3, -0.25) is 14.6 Å². The van der Waals surface area contributed by atoms with Crippen molar-refractivity contribution in [2.24, 2.45) is 5.73 Å². The molecule has 182 valence electrons. The quantitative estimate of drug-likeness (QED) is 0.461. The van der Waals surface area contributed by atoms with E-state index in [-0.39, 0.29) is 29.0 Å². The molecule has 5 nitrogen and oxygen atoms in total. The van der Waals surface area contributed by atoms with Crippen LogP contribution < -0.4 is 5.73 Å². The smallest absolute Gasteiger partial charge is 0.368 e. The van der Waals surface area contributed by atoms with E-state index in [0.29, 0.717) is 11.3 Å².